The molecule has 5 atom stereocenters. The largest absolute Gasteiger partial charge is 0.492 e. The van der Waals surface area contributed by atoms with Gasteiger partial charge in [0.1, 0.15) is 46.9 Å². The Morgan fingerprint density at radius 1 is 0.850 bits per heavy atom. The highest BCUT2D eigenvalue weighted by atomic mass is 32.1. The number of carboxylic acid groups (broad SMARTS) is 1. The minimum Gasteiger partial charge on any atom is -0.492 e. The first-order valence-electron chi connectivity index (χ1n) is 26.3. The summed E-state index contributed by atoms with van der Waals surface area (Å²) >= 11 is 3.17. The molecule has 5 N–H and O–H groups in total. The number of furan rings is 1. The van der Waals surface area contributed by atoms with Gasteiger partial charge >= 0.3 is 5.97 Å². The lowest BCUT2D eigenvalue weighted by molar-refractivity contribution is -0.142. The number of aliphatic hydroxyl groups excluding tert-OH is 1. The zero-order valence-electron chi connectivity index (χ0n) is 45.5. The van der Waals surface area contributed by atoms with Crippen molar-refractivity contribution in [3.63, 3.8) is 0 Å². The third kappa shape index (κ3) is 11.3. The number of aryl methyl sites for hydroxylation is 3. The van der Waals surface area contributed by atoms with E-state index in [0.29, 0.717) is 39.6 Å². The van der Waals surface area contributed by atoms with E-state index >= 15 is 0 Å². The van der Waals surface area contributed by atoms with E-state index in [2.05, 4.69) is 38.1 Å². The molecule has 2 aliphatic rings. The number of fused-ring (bicyclic) bond motifs is 4. The van der Waals surface area contributed by atoms with Crippen molar-refractivity contribution in [3.8, 4) is 32.3 Å². The van der Waals surface area contributed by atoms with Crippen molar-refractivity contribution >= 4 is 69.0 Å². The van der Waals surface area contributed by atoms with Crippen molar-refractivity contribution < 1.29 is 43.3 Å². The van der Waals surface area contributed by atoms with Crippen molar-refractivity contribution in [1.29, 1.82) is 0 Å². The van der Waals surface area contributed by atoms with E-state index in [1.54, 1.807) is 59.1 Å². The molecule has 1 fully saturated rings. The monoisotopic (exact) mass is 1120 g/mol. The van der Waals surface area contributed by atoms with Crippen molar-refractivity contribution in [2.24, 2.45) is 10.4 Å². The predicted octanol–water partition coefficient (Wildman–Crippen LogP) is 9.26. The molecule has 0 unspecified atom stereocenters. The summed E-state index contributed by atoms with van der Waals surface area (Å²) in [4.78, 5) is 80.1. The van der Waals surface area contributed by atoms with Crippen LogP contribution in [-0.2, 0) is 14.4 Å². The summed E-state index contributed by atoms with van der Waals surface area (Å²) in [6.07, 6.45) is -1.10. The minimum absolute atomic E-state index is 0.0296. The fourth-order valence-electron chi connectivity index (χ4n) is 10.2. The molecule has 412 valence electrons. The summed E-state index contributed by atoms with van der Waals surface area (Å²) < 4.78 is 13.8. The average Bonchev–Trinajstić information content (AvgIpc) is 4.35. The maximum atomic E-state index is 14.4. The Kier molecular flexibility index (Phi) is 15.4. The van der Waals surface area contributed by atoms with Crippen LogP contribution >= 0.6 is 22.7 Å². The molecule has 80 heavy (non-hydrogen) atoms. The molecule has 10 rings (SSSR count). The third-order valence-corrected chi connectivity index (χ3v) is 16.8. The summed E-state index contributed by atoms with van der Waals surface area (Å²) in [5.41, 5.74) is 10.1. The molecular weight excluding hydrogens is 1050 g/mol. The highest BCUT2D eigenvalue weighted by molar-refractivity contribution is 7.15. The summed E-state index contributed by atoms with van der Waals surface area (Å²) in [7, 11) is 0. The van der Waals surface area contributed by atoms with E-state index < -0.39 is 53.3 Å². The summed E-state index contributed by atoms with van der Waals surface area (Å²) in [5.74, 6) is -1.17. The molecule has 4 amide bonds. The van der Waals surface area contributed by atoms with Crippen molar-refractivity contribution in [3.05, 3.63) is 158 Å². The Labute approximate surface area is 470 Å². The molecule has 18 nitrogen and oxygen atoms in total. The average molecular weight is 1120 g/mol. The smallest absolute Gasteiger partial charge is 0.306 e. The third-order valence-electron chi connectivity index (χ3n) is 14.6. The van der Waals surface area contributed by atoms with Gasteiger partial charge in [-0.2, -0.15) is 0 Å². The molecule has 8 aromatic rings. The Balaban J connectivity index is 0.728. The number of nitrogens with one attached hydrogen (secondary N) is 3. The zero-order valence-corrected chi connectivity index (χ0v) is 47.1. The Morgan fingerprint density at radius 2 is 1.54 bits per heavy atom. The number of hydrogen-bond donors (Lipinski definition) is 5. The number of hydrogen-bond acceptors (Lipinski definition) is 14. The fourth-order valence-corrected chi connectivity index (χ4v) is 12.2. The fraction of sp³-hybridized carbons (Fsp3) is 0.317. The molecule has 0 aliphatic carbocycles. The van der Waals surface area contributed by atoms with Gasteiger partial charge < -0.3 is 40.2 Å². The van der Waals surface area contributed by atoms with Gasteiger partial charge in [-0.3, -0.25) is 33.5 Å². The number of likely N-dealkylation sites (tertiary alicyclic amines) is 1. The van der Waals surface area contributed by atoms with Gasteiger partial charge in [-0.25, -0.2) is 4.98 Å². The summed E-state index contributed by atoms with van der Waals surface area (Å²) in [5, 5.41) is 39.5. The molecule has 2 aliphatic heterocycles. The Bertz CT molecular complexity index is 3700. The molecule has 4 aromatic carbocycles. The van der Waals surface area contributed by atoms with Gasteiger partial charge in [0.05, 0.1) is 46.9 Å². The molecule has 20 heteroatoms. The van der Waals surface area contributed by atoms with Crippen LogP contribution in [0, 0.1) is 33.1 Å². The minimum atomic E-state index is -1.08. The molecule has 0 radical (unpaired) electrons. The van der Waals surface area contributed by atoms with Gasteiger partial charge in [0.25, 0.3) is 11.8 Å². The molecule has 0 saturated carbocycles. The van der Waals surface area contributed by atoms with Crippen LogP contribution in [0.15, 0.2) is 112 Å². The zero-order chi connectivity index (χ0) is 56.7. The molecule has 6 heterocycles. The number of aliphatic imine (C=N–C) groups is 1. The maximum absolute atomic E-state index is 14.4. The number of aliphatic hydroxyl groups is 1. The van der Waals surface area contributed by atoms with Gasteiger partial charge in [-0.05, 0) is 104 Å². The van der Waals surface area contributed by atoms with Crippen LogP contribution in [0.25, 0.3) is 37.5 Å². The number of benzene rings is 4. The standard InChI is InChI=1S/C60H61N9O9S2/c1-31-34(4)80-59-50(31)51(64-45(28-49(71)72)54-67-66-35(5)69(54)59)39-15-11-37(12-16-39)38-13-19-41(20-14-38)55(73)61-23-24-77-44-21-22-47-42(25-44)26-48(78-47)57(75)65-53(60(6,7)8)58(76)68-29-43(70)27-46(68)56(74)63-32(2)36-9-17-40(18-10-36)52-33(3)62-30-79-52/h9-22,25-26,30,32,43,45-46,53,70H,23-24,27-29H2,1-8H3,(H,61,73)(H,63,74)(H,65,75)(H,71,72)/t32-,43+,45-,46-,53+/m0/s1. The lowest BCUT2D eigenvalue weighted by Gasteiger charge is -2.35. The number of carboxylic acids is 1. The lowest BCUT2D eigenvalue weighted by atomic mass is 9.85. The van der Waals surface area contributed by atoms with Crippen molar-refractivity contribution in [1.82, 2.24) is 40.6 Å². The van der Waals surface area contributed by atoms with E-state index in [1.807, 2.05) is 119 Å². The van der Waals surface area contributed by atoms with E-state index in [4.69, 9.17) is 14.1 Å². The maximum Gasteiger partial charge on any atom is 0.306 e. The first-order valence-corrected chi connectivity index (χ1v) is 28.0. The summed E-state index contributed by atoms with van der Waals surface area (Å²) in [6.45, 7) is 15.5. The van der Waals surface area contributed by atoms with Crippen LogP contribution in [0.2, 0.25) is 0 Å². The van der Waals surface area contributed by atoms with Crippen LogP contribution < -0.4 is 20.7 Å². The number of carbonyl (C=O) groups is 5. The molecule has 0 spiro atoms. The first-order chi connectivity index (χ1) is 38.2. The topological polar surface area (TPSA) is 243 Å². The number of thiophene rings is 1. The number of ether oxygens (including phenoxy) is 1. The number of nitrogens with zero attached hydrogens (tertiary/aromatic N) is 6. The van der Waals surface area contributed by atoms with Gasteiger partial charge in [0.15, 0.2) is 11.6 Å². The molecule has 4 aromatic heterocycles. The van der Waals surface area contributed by atoms with E-state index in [9.17, 15) is 34.2 Å². The number of amides is 4. The quantitative estimate of drug-likeness (QED) is 0.0569. The van der Waals surface area contributed by atoms with Crippen molar-refractivity contribution in [2.75, 3.05) is 19.7 Å². The van der Waals surface area contributed by atoms with E-state index in [0.717, 1.165) is 59.4 Å². The second-order valence-electron chi connectivity index (χ2n) is 21.4. The lowest BCUT2D eigenvalue weighted by Crippen LogP contribution is -2.57. The highest BCUT2D eigenvalue weighted by Crippen LogP contribution is 2.40. The Morgan fingerprint density at radius 3 is 2.21 bits per heavy atom. The van der Waals surface area contributed by atoms with Gasteiger partial charge in [-0.15, -0.1) is 32.9 Å². The number of rotatable bonds is 16. The number of thiazole rings is 1. The molecule has 0 bridgehead atoms. The van der Waals surface area contributed by atoms with E-state index in [1.165, 1.54) is 4.90 Å². The van der Waals surface area contributed by atoms with Crippen LogP contribution in [0.3, 0.4) is 0 Å². The molecule has 1 saturated heterocycles. The van der Waals surface area contributed by atoms with Crippen molar-refractivity contribution in [2.45, 2.75) is 98.5 Å². The second kappa shape index (κ2) is 22.4. The number of carbonyl (C=O) groups excluding carboxylic acids is 4. The molecular formula is C60H61N9O9S2. The number of β-amino-alcohol motifs (C(OH)–C–C–N with tert-alkyl or cyclic N) is 1. The van der Waals surface area contributed by atoms with Gasteiger partial charge in [0, 0.05) is 39.9 Å². The van der Waals surface area contributed by atoms with Crippen LogP contribution in [0.5, 0.6) is 5.75 Å². The second-order valence-corrected chi connectivity index (χ2v) is 23.4. The van der Waals surface area contributed by atoms with Crippen LogP contribution in [-0.4, -0.2) is 108 Å². The number of aromatic nitrogens is 4. The van der Waals surface area contributed by atoms with Gasteiger partial charge in [-0.1, -0.05) is 81.4 Å². The normalized spacial score (nSPS) is 16.7. The highest BCUT2D eigenvalue weighted by Gasteiger charge is 2.45. The van der Waals surface area contributed by atoms with E-state index in [-0.39, 0.29) is 50.2 Å². The predicted molar refractivity (Wildman–Crippen MR) is 306 cm³/mol. The SMILES string of the molecule is Cc1ncsc1-c1ccc([C@H](C)NC(=O)[C@@H]2C[C@@H](O)CN2C(=O)[C@@H](NC(=O)c2cc3cc(OCCNC(=O)c4ccc(-c5ccc(C6=N[C@@H](CC(=O)O)c7nnc(C)n7-c7sc(C)c(C)c76)cc5)cc4)ccc3o2)C(C)(C)C)cc1. The van der Waals surface area contributed by atoms with Gasteiger partial charge in [0.2, 0.25) is 11.8 Å². The number of aliphatic carboxylic acids is 1. The first kappa shape index (κ1) is 55.0. The van der Waals surface area contributed by atoms with Crippen LogP contribution in [0.4, 0.5) is 0 Å². The van der Waals surface area contributed by atoms with Crippen LogP contribution in [0.1, 0.15) is 118 Å². The summed E-state index contributed by atoms with van der Waals surface area (Å²) in [6, 6.07) is 26.6. The Hall–Kier alpha value is -8.33.